The topological polar surface area (TPSA) is 94.7 Å². The van der Waals surface area contributed by atoms with E-state index in [2.05, 4.69) is 14.5 Å². The molecule has 0 saturated heterocycles. The highest BCUT2D eigenvalue weighted by Gasteiger charge is 2.34. The summed E-state index contributed by atoms with van der Waals surface area (Å²) in [5.41, 5.74) is 5.46. The maximum atomic E-state index is 12.1. The minimum absolute atomic E-state index is 0.108. The van der Waals surface area contributed by atoms with Crippen molar-refractivity contribution < 1.29 is 32.5 Å². The fraction of sp³-hybridized carbons (Fsp3) is 0.400. The van der Waals surface area contributed by atoms with Crippen LogP contribution in [0.5, 0.6) is 11.6 Å². The standard InChI is InChI=1S/C10H11F3N2O4/c1-18-7(16)2-6-5(3-14)4-15-9(8(6)17)19-10(11,12)13/h4,17H,2-3,14H2,1H3. The highest BCUT2D eigenvalue weighted by molar-refractivity contribution is 5.74. The first-order valence-corrected chi connectivity index (χ1v) is 5.00. The van der Waals surface area contributed by atoms with E-state index in [1.54, 1.807) is 0 Å². The van der Waals surface area contributed by atoms with E-state index in [0.717, 1.165) is 13.3 Å². The Balaban J connectivity index is 3.18. The molecule has 0 saturated carbocycles. The Morgan fingerprint density at radius 2 is 2.16 bits per heavy atom. The van der Waals surface area contributed by atoms with E-state index in [1.165, 1.54) is 0 Å². The van der Waals surface area contributed by atoms with Gasteiger partial charge in [-0.1, -0.05) is 0 Å². The Morgan fingerprint density at radius 1 is 1.53 bits per heavy atom. The summed E-state index contributed by atoms with van der Waals surface area (Å²) in [7, 11) is 1.11. The van der Waals surface area contributed by atoms with E-state index in [0.29, 0.717) is 0 Å². The molecule has 106 valence electrons. The van der Waals surface area contributed by atoms with Gasteiger partial charge in [0.15, 0.2) is 5.75 Å². The quantitative estimate of drug-likeness (QED) is 0.794. The van der Waals surface area contributed by atoms with Gasteiger partial charge in [-0.3, -0.25) is 4.79 Å². The molecule has 0 radical (unpaired) electrons. The molecular weight excluding hydrogens is 269 g/mol. The molecule has 0 spiro atoms. The van der Waals surface area contributed by atoms with E-state index in [1.807, 2.05) is 0 Å². The Bertz CT molecular complexity index is 477. The molecule has 0 bridgehead atoms. The van der Waals surface area contributed by atoms with Gasteiger partial charge in [-0.2, -0.15) is 0 Å². The zero-order chi connectivity index (χ0) is 14.6. The van der Waals surface area contributed by atoms with Crippen molar-refractivity contribution in [3.05, 3.63) is 17.3 Å². The highest BCUT2D eigenvalue weighted by Crippen LogP contribution is 2.34. The Hall–Kier alpha value is -2.03. The molecule has 0 aliphatic rings. The molecule has 1 rings (SSSR count). The lowest BCUT2D eigenvalue weighted by atomic mass is 10.1. The van der Waals surface area contributed by atoms with Gasteiger partial charge >= 0.3 is 12.3 Å². The van der Waals surface area contributed by atoms with Crippen molar-refractivity contribution in [3.63, 3.8) is 0 Å². The van der Waals surface area contributed by atoms with Crippen molar-refractivity contribution in [2.45, 2.75) is 19.3 Å². The number of halogens is 3. The molecule has 0 aliphatic heterocycles. The summed E-state index contributed by atoms with van der Waals surface area (Å²) in [4.78, 5) is 14.4. The number of ether oxygens (including phenoxy) is 2. The van der Waals surface area contributed by atoms with Crippen LogP contribution in [0, 0.1) is 0 Å². The smallest absolute Gasteiger partial charge is 0.503 e. The lowest BCUT2D eigenvalue weighted by Crippen LogP contribution is -2.19. The SMILES string of the molecule is COC(=O)Cc1c(CN)cnc(OC(F)(F)F)c1O. The largest absolute Gasteiger partial charge is 0.574 e. The summed E-state index contributed by atoms with van der Waals surface area (Å²) in [6, 6.07) is 0. The molecule has 6 nitrogen and oxygen atoms in total. The van der Waals surface area contributed by atoms with E-state index in [-0.39, 0.29) is 17.7 Å². The number of esters is 1. The molecule has 0 aliphatic carbocycles. The molecule has 0 atom stereocenters. The number of nitrogens with zero attached hydrogens (tertiary/aromatic N) is 1. The Kier molecular flexibility index (Phi) is 4.54. The van der Waals surface area contributed by atoms with Crippen LogP contribution < -0.4 is 10.5 Å². The number of aromatic nitrogens is 1. The first-order valence-electron chi connectivity index (χ1n) is 5.00. The van der Waals surface area contributed by atoms with Crippen LogP contribution >= 0.6 is 0 Å². The molecule has 19 heavy (non-hydrogen) atoms. The van der Waals surface area contributed by atoms with E-state index in [4.69, 9.17) is 5.73 Å². The third-order valence-electron chi connectivity index (χ3n) is 2.19. The third kappa shape index (κ3) is 3.98. The minimum Gasteiger partial charge on any atom is -0.503 e. The summed E-state index contributed by atoms with van der Waals surface area (Å²) in [5.74, 6) is -2.66. The highest BCUT2D eigenvalue weighted by atomic mass is 19.4. The van der Waals surface area contributed by atoms with Crippen LogP contribution in [0.1, 0.15) is 11.1 Å². The number of methoxy groups -OCH3 is 1. The maximum Gasteiger partial charge on any atom is 0.574 e. The van der Waals surface area contributed by atoms with E-state index < -0.39 is 30.4 Å². The summed E-state index contributed by atoms with van der Waals surface area (Å²) in [5, 5.41) is 9.66. The normalized spacial score (nSPS) is 11.2. The van der Waals surface area contributed by atoms with Crippen molar-refractivity contribution in [3.8, 4) is 11.6 Å². The average Bonchev–Trinajstić information content (AvgIpc) is 2.32. The van der Waals surface area contributed by atoms with Gasteiger partial charge in [-0.05, 0) is 5.56 Å². The molecule has 1 aromatic rings. The van der Waals surface area contributed by atoms with Gasteiger partial charge in [-0.25, -0.2) is 4.98 Å². The average molecular weight is 280 g/mol. The first kappa shape index (κ1) is 15.0. The zero-order valence-electron chi connectivity index (χ0n) is 9.82. The van der Waals surface area contributed by atoms with Gasteiger partial charge in [0.2, 0.25) is 0 Å². The second-order valence-electron chi connectivity index (χ2n) is 3.42. The lowest BCUT2D eigenvalue weighted by Gasteiger charge is -2.14. The number of alkyl halides is 3. The zero-order valence-corrected chi connectivity index (χ0v) is 9.82. The summed E-state index contributed by atoms with van der Waals surface area (Å²) < 4.78 is 44.1. The number of carbonyl (C=O) groups excluding carboxylic acids is 1. The van der Waals surface area contributed by atoms with E-state index >= 15 is 0 Å². The third-order valence-corrected chi connectivity index (χ3v) is 2.19. The van der Waals surface area contributed by atoms with Crippen molar-refractivity contribution in [2.24, 2.45) is 5.73 Å². The number of aromatic hydroxyl groups is 1. The predicted octanol–water partition coefficient (Wildman–Crippen LogP) is 0.860. The first-order chi connectivity index (χ1) is 8.78. The fourth-order valence-electron chi connectivity index (χ4n) is 1.33. The van der Waals surface area contributed by atoms with Crippen LogP contribution in [0.25, 0.3) is 0 Å². The van der Waals surface area contributed by atoms with Gasteiger partial charge in [0.05, 0.1) is 13.5 Å². The van der Waals surface area contributed by atoms with E-state index in [9.17, 15) is 23.1 Å². The van der Waals surface area contributed by atoms with Gasteiger partial charge in [0, 0.05) is 18.3 Å². The molecule has 0 unspecified atom stereocenters. The van der Waals surface area contributed by atoms with Crippen molar-refractivity contribution in [1.82, 2.24) is 4.98 Å². The van der Waals surface area contributed by atoms with Crippen LogP contribution in [0.3, 0.4) is 0 Å². The molecular formula is C10H11F3N2O4. The van der Waals surface area contributed by atoms with Gasteiger partial charge in [-0.15, -0.1) is 13.2 Å². The molecule has 0 fully saturated rings. The monoisotopic (exact) mass is 280 g/mol. The van der Waals surface area contributed by atoms with Gasteiger partial charge in [0.1, 0.15) is 0 Å². The fourth-order valence-corrected chi connectivity index (χ4v) is 1.33. The number of pyridine rings is 1. The second-order valence-corrected chi connectivity index (χ2v) is 3.42. The number of nitrogens with two attached hydrogens (primary N) is 1. The van der Waals surface area contributed by atoms with Crippen LogP contribution in [-0.2, 0) is 22.5 Å². The van der Waals surface area contributed by atoms with Crippen LogP contribution in [0.4, 0.5) is 13.2 Å². The van der Waals surface area contributed by atoms with Crippen LogP contribution in [0.15, 0.2) is 6.20 Å². The second kappa shape index (κ2) is 5.74. The Morgan fingerprint density at radius 3 is 2.63 bits per heavy atom. The number of rotatable bonds is 4. The molecule has 1 heterocycles. The van der Waals surface area contributed by atoms with Gasteiger partial charge < -0.3 is 20.3 Å². The number of carbonyl (C=O) groups is 1. The van der Waals surface area contributed by atoms with Crippen molar-refractivity contribution in [1.29, 1.82) is 0 Å². The number of hydrogen-bond acceptors (Lipinski definition) is 6. The number of hydrogen-bond donors (Lipinski definition) is 2. The molecule has 1 aromatic heterocycles. The van der Waals surface area contributed by atoms with Crippen LogP contribution in [0.2, 0.25) is 0 Å². The van der Waals surface area contributed by atoms with Crippen molar-refractivity contribution in [2.75, 3.05) is 7.11 Å². The van der Waals surface area contributed by atoms with Crippen molar-refractivity contribution >= 4 is 5.97 Å². The summed E-state index contributed by atoms with van der Waals surface area (Å²) in [6.07, 6.45) is -4.44. The summed E-state index contributed by atoms with van der Waals surface area (Å²) >= 11 is 0. The minimum atomic E-state index is -5.00. The molecule has 9 heteroatoms. The van der Waals surface area contributed by atoms with Gasteiger partial charge in [0.25, 0.3) is 5.88 Å². The maximum absolute atomic E-state index is 12.1. The summed E-state index contributed by atoms with van der Waals surface area (Å²) in [6.45, 7) is -0.112. The molecule has 0 aromatic carbocycles. The molecule has 3 N–H and O–H groups in total. The predicted molar refractivity (Wildman–Crippen MR) is 56.2 cm³/mol. The van der Waals surface area contributed by atoms with Crippen LogP contribution in [-0.4, -0.2) is 29.5 Å². The lowest BCUT2D eigenvalue weighted by molar-refractivity contribution is -0.276. The molecule has 0 amide bonds. The Labute approximate surface area is 105 Å².